The highest BCUT2D eigenvalue weighted by atomic mass is 16.5. The molecule has 22 heavy (non-hydrogen) atoms. The fourth-order valence-electron chi connectivity index (χ4n) is 3.07. The van der Waals surface area contributed by atoms with Crippen LogP contribution in [0.15, 0.2) is 53.5 Å². The molecule has 2 aromatic heterocycles. The van der Waals surface area contributed by atoms with Crippen molar-refractivity contribution in [3.05, 3.63) is 70.1 Å². The van der Waals surface area contributed by atoms with Crippen LogP contribution in [0.1, 0.15) is 18.1 Å². The van der Waals surface area contributed by atoms with Crippen molar-refractivity contribution in [2.45, 2.75) is 26.0 Å². The molecule has 4 rings (SSSR count). The molecule has 4 heteroatoms. The van der Waals surface area contributed by atoms with E-state index in [2.05, 4.69) is 4.98 Å². The molecule has 0 N–H and O–H groups in total. The SMILES string of the molecule is CC1Cc2c(c3cccnc3n(Cc3ccccc3)c2=O)O1. The molecule has 0 bridgehead atoms. The van der Waals surface area contributed by atoms with Gasteiger partial charge in [0.05, 0.1) is 17.5 Å². The molecule has 0 radical (unpaired) electrons. The maximum atomic E-state index is 12.9. The number of aromatic nitrogens is 2. The Hall–Kier alpha value is -2.62. The van der Waals surface area contributed by atoms with E-state index in [1.54, 1.807) is 10.8 Å². The van der Waals surface area contributed by atoms with Crippen LogP contribution >= 0.6 is 0 Å². The summed E-state index contributed by atoms with van der Waals surface area (Å²) in [6, 6.07) is 13.8. The minimum atomic E-state index is 0.00871. The van der Waals surface area contributed by atoms with Crippen molar-refractivity contribution in [3.8, 4) is 5.75 Å². The Morgan fingerprint density at radius 3 is 2.86 bits per heavy atom. The second-order valence-electron chi connectivity index (χ2n) is 5.69. The van der Waals surface area contributed by atoms with Crippen molar-refractivity contribution in [2.24, 2.45) is 0 Å². The molecule has 1 aliphatic heterocycles. The van der Waals surface area contributed by atoms with E-state index in [-0.39, 0.29) is 11.7 Å². The maximum Gasteiger partial charge on any atom is 0.259 e. The minimum Gasteiger partial charge on any atom is -0.489 e. The van der Waals surface area contributed by atoms with E-state index in [1.165, 1.54) is 0 Å². The van der Waals surface area contributed by atoms with Crippen LogP contribution in [-0.2, 0) is 13.0 Å². The van der Waals surface area contributed by atoms with Crippen LogP contribution in [0.5, 0.6) is 5.75 Å². The zero-order valence-corrected chi connectivity index (χ0v) is 12.3. The van der Waals surface area contributed by atoms with E-state index in [0.717, 1.165) is 16.5 Å². The molecule has 0 aliphatic carbocycles. The highest BCUT2D eigenvalue weighted by molar-refractivity contribution is 5.84. The van der Waals surface area contributed by atoms with Crippen LogP contribution in [0.25, 0.3) is 11.0 Å². The van der Waals surface area contributed by atoms with E-state index in [4.69, 9.17) is 4.74 Å². The number of pyridine rings is 2. The Kier molecular flexibility index (Phi) is 2.96. The third-order valence-corrected chi connectivity index (χ3v) is 4.06. The lowest BCUT2D eigenvalue weighted by atomic mass is 10.1. The van der Waals surface area contributed by atoms with E-state index < -0.39 is 0 Å². The highest BCUT2D eigenvalue weighted by Crippen LogP contribution is 2.33. The number of ether oxygens (including phenoxy) is 1. The average Bonchev–Trinajstić information content (AvgIpc) is 2.95. The Bertz CT molecular complexity index is 900. The fraction of sp³-hybridized carbons (Fsp3) is 0.222. The summed E-state index contributed by atoms with van der Waals surface area (Å²) in [7, 11) is 0. The predicted octanol–water partition coefficient (Wildman–Crippen LogP) is 2.77. The minimum absolute atomic E-state index is 0.00871. The summed E-state index contributed by atoms with van der Waals surface area (Å²) in [6.07, 6.45) is 2.42. The summed E-state index contributed by atoms with van der Waals surface area (Å²) < 4.78 is 7.61. The summed E-state index contributed by atoms with van der Waals surface area (Å²) in [5.41, 5.74) is 2.55. The van der Waals surface area contributed by atoms with E-state index in [0.29, 0.717) is 24.4 Å². The van der Waals surface area contributed by atoms with Crippen LogP contribution in [0.3, 0.4) is 0 Å². The molecule has 1 atom stereocenters. The van der Waals surface area contributed by atoms with Gasteiger partial charge in [0.2, 0.25) is 0 Å². The van der Waals surface area contributed by atoms with E-state index in [1.807, 2.05) is 49.4 Å². The van der Waals surface area contributed by atoms with Gasteiger partial charge in [-0.15, -0.1) is 0 Å². The Morgan fingerprint density at radius 1 is 1.23 bits per heavy atom. The molecule has 3 aromatic rings. The molecule has 1 unspecified atom stereocenters. The molecule has 3 heterocycles. The number of nitrogens with zero attached hydrogens (tertiary/aromatic N) is 2. The molecule has 0 saturated carbocycles. The topological polar surface area (TPSA) is 44.1 Å². The zero-order chi connectivity index (χ0) is 15.1. The number of rotatable bonds is 2. The number of hydrogen-bond acceptors (Lipinski definition) is 3. The van der Waals surface area contributed by atoms with Crippen molar-refractivity contribution in [2.75, 3.05) is 0 Å². The van der Waals surface area contributed by atoms with Crippen molar-refractivity contribution in [1.29, 1.82) is 0 Å². The first kappa shape index (κ1) is 13.1. The average molecular weight is 292 g/mol. The Morgan fingerprint density at radius 2 is 2.05 bits per heavy atom. The van der Waals surface area contributed by atoms with Gasteiger partial charge in [-0.2, -0.15) is 0 Å². The molecule has 0 fully saturated rings. The second kappa shape index (κ2) is 4.98. The summed E-state index contributed by atoms with van der Waals surface area (Å²) >= 11 is 0. The van der Waals surface area contributed by atoms with Crippen molar-refractivity contribution in [3.63, 3.8) is 0 Å². The van der Waals surface area contributed by atoms with Gasteiger partial charge < -0.3 is 4.74 Å². The molecule has 1 aromatic carbocycles. The molecule has 4 nitrogen and oxygen atoms in total. The smallest absolute Gasteiger partial charge is 0.259 e. The predicted molar refractivity (Wildman–Crippen MR) is 85.3 cm³/mol. The molecular formula is C18H16N2O2. The van der Waals surface area contributed by atoms with Gasteiger partial charge in [0.25, 0.3) is 5.56 Å². The molecule has 1 aliphatic rings. The Balaban J connectivity index is 1.97. The van der Waals surface area contributed by atoms with E-state index in [9.17, 15) is 4.79 Å². The monoisotopic (exact) mass is 292 g/mol. The van der Waals surface area contributed by atoms with Gasteiger partial charge in [-0.3, -0.25) is 9.36 Å². The third kappa shape index (κ3) is 1.99. The zero-order valence-electron chi connectivity index (χ0n) is 12.3. The summed E-state index contributed by atoms with van der Waals surface area (Å²) in [5.74, 6) is 0.713. The quantitative estimate of drug-likeness (QED) is 0.729. The van der Waals surface area contributed by atoms with Gasteiger partial charge in [-0.25, -0.2) is 4.98 Å². The van der Waals surface area contributed by atoms with Crippen LogP contribution in [0, 0.1) is 0 Å². The van der Waals surface area contributed by atoms with Gasteiger partial charge in [-0.1, -0.05) is 30.3 Å². The lowest BCUT2D eigenvalue weighted by Crippen LogP contribution is -2.24. The van der Waals surface area contributed by atoms with Gasteiger partial charge in [0.1, 0.15) is 17.5 Å². The number of fused-ring (bicyclic) bond motifs is 3. The summed E-state index contributed by atoms with van der Waals surface area (Å²) in [4.78, 5) is 17.3. The molecular weight excluding hydrogens is 276 g/mol. The van der Waals surface area contributed by atoms with Crippen molar-refractivity contribution < 1.29 is 4.74 Å². The summed E-state index contributed by atoms with van der Waals surface area (Å²) in [5, 5.41) is 0.914. The van der Waals surface area contributed by atoms with Gasteiger partial charge in [0.15, 0.2) is 0 Å². The fourth-order valence-corrected chi connectivity index (χ4v) is 3.07. The van der Waals surface area contributed by atoms with Gasteiger partial charge in [0, 0.05) is 12.6 Å². The van der Waals surface area contributed by atoms with Crippen LogP contribution < -0.4 is 10.3 Å². The first-order valence-corrected chi connectivity index (χ1v) is 7.45. The van der Waals surface area contributed by atoms with Gasteiger partial charge >= 0.3 is 0 Å². The van der Waals surface area contributed by atoms with Crippen LogP contribution in [0.4, 0.5) is 0 Å². The standard InChI is InChI=1S/C18H16N2O2/c1-12-10-15-16(22-12)14-8-5-9-19-17(14)20(18(15)21)11-13-6-3-2-4-7-13/h2-9,12H,10-11H2,1H3. The lowest BCUT2D eigenvalue weighted by Gasteiger charge is -2.12. The lowest BCUT2D eigenvalue weighted by molar-refractivity contribution is 0.257. The maximum absolute atomic E-state index is 12.9. The Labute approximate surface area is 128 Å². The molecule has 0 spiro atoms. The largest absolute Gasteiger partial charge is 0.489 e. The van der Waals surface area contributed by atoms with Crippen molar-refractivity contribution >= 4 is 11.0 Å². The van der Waals surface area contributed by atoms with Crippen LogP contribution in [0.2, 0.25) is 0 Å². The third-order valence-electron chi connectivity index (χ3n) is 4.06. The normalized spacial score (nSPS) is 16.5. The molecule has 110 valence electrons. The van der Waals surface area contributed by atoms with Crippen LogP contribution in [-0.4, -0.2) is 15.7 Å². The first-order valence-electron chi connectivity index (χ1n) is 7.45. The number of benzene rings is 1. The molecule has 0 saturated heterocycles. The van der Waals surface area contributed by atoms with E-state index >= 15 is 0 Å². The number of hydrogen-bond donors (Lipinski definition) is 0. The second-order valence-corrected chi connectivity index (χ2v) is 5.69. The summed E-state index contributed by atoms with van der Waals surface area (Å²) in [6.45, 7) is 2.51. The first-order chi connectivity index (χ1) is 10.7. The highest BCUT2D eigenvalue weighted by Gasteiger charge is 2.27. The molecule has 0 amide bonds. The van der Waals surface area contributed by atoms with Crippen molar-refractivity contribution in [1.82, 2.24) is 9.55 Å². The van der Waals surface area contributed by atoms with Gasteiger partial charge in [-0.05, 0) is 24.6 Å².